The van der Waals surface area contributed by atoms with Crippen LogP contribution in [0.4, 0.5) is 4.79 Å². The lowest BCUT2D eigenvalue weighted by molar-refractivity contribution is -0.181. The van der Waals surface area contributed by atoms with E-state index in [1.54, 1.807) is 0 Å². The Kier molecular flexibility index (Phi) is 4.63. The minimum atomic E-state index is -0.684. The molecule has 6 heteroatoms. The number of nitrogens with zero attached hydrogens (tertiary/aromatic N) is 1. The molecule has 2 fully saturated rings. The Morgan fingerprint density at radius 3 is 2.32 bits per heavy atom. The van der Waals surface area contributed by atoms with Gasteiger partial charge in [0.15, 0.2) is 0 Å². The zero-order chi connectivity index (χ0) is 13.7. The van der Waals surface area contributed by atoms with Gasteiger partial charge in [0, 0.05) is 19.6 Å². The van der Waals surface area contributed by atoms with Crippen molar-refractivity contribution in [1.82, 2.24) is 10.2 Å². The Morgan fingerprint density at radius 2 is 1.84 bits per heavy atom. The maximum Gasteiger partial charge on any atom is 0.318 e. The first kappa shape index (κ1) is 14.1. The summed E-state index contributed by atoms with van der Waals surface area (Å²) in [5.74, 6) is -0.310. The standard InChI is InChI=1S/C13H22N2O4/c1-18-11(16)13(9-19-10-13)8-14-12(17)15-6-4-2-3-5-7-15/h2-10H2,1H3,(H,14,17). The molecule has 0 aromatic heterocycles. The molecule has 19 heavy (non-hydrogen) atoms. The largest absolute Gasteiger partial charge is 0.468 e. The van der Waals surface area contributed by atoms with Crippen LogP contribution in [0.2, 0.25) is 0 Å². The van der Waals surface area contributed by atoms with Gasteiger partial charge in [-0.1, -0.05) is 12.8 Å². The highest BCUT2D eigenvalue weighted by atomic mass is 16.5. The van der Waals surface area contributed by atoms with Gasteiger partial charge in [-0.25, -0.2) is 4.79 Å². The molecule has 1 N–H and O–H groups in total. The Bertz CT molecular complexity index is 334. The molecule has 0 unspecified atom stereocenters. The lowest BCUT2D eigenvalue weighted by Crippen LogP contribution is -2.57. The van der Waals surface area contributed by atoms with Crippen LogP contribution < -0.4 is 5.32 Å². The van der Waals surface area contributed by atoms with E-state index in [9.17, 15) is 9.59 Å². The van der Waals surface area contributed by atoms with Crippen molar-refractivity contribution in [3.8, 4) is 0 Å². The highest BCUT2D eigenvalue weighted by molar-refractivity contribution is 5.80. The van der Waals surface area contributed by atoms with Gasteiger partial charge < -0.3 is 19.7 Å². The van der Waals surface area contributed by atoms with E-state index >= 15 is 0 Å². The van der Waals surface area contributed by atoms with Crippen LogP contribution in [0.15, 0.2) is 0 Å². The summed E-state index contributed by atoms with van der Waals surface area (Å²) in [4.78, 5) is 25.6. The number of hydrogen-bond acceptors (Lipinski definition) is 4. The molecule has 0 aliphatic carbocycles. The smallest absolute Gasteiger partial charge is 0.318 e. The number of urea groups is 1. The van der Waals surface area contributed by atoms with E-state index < -0.39 is 5.41 Å². The van der Waals surface area contributed by atoms with Gasteiger partial charge in [0.1, 0.15) is 5.41 Å². The molecule has 108 valence electrons. The molecule has 0 saturated carbocycles. The minimum absolute atomic E-state index is 0.0860. The van der Waals surface area contributed by atoms with Crippen LogP contribution in [-0.4, -0.2) is 56.9 Å². The van der Waals surface area contributed by atoms with Crippen molar-refractivity contribution in [2.75, 3.05) is 40.0 Å². The summed E-state index contributed by atoms with van der Waals surface area (Å²) in [5.41, 5.74) is -0.684. The van der Waals surface area contributed by atoms with Gasteiger partial charge in [-0.2, -0.15) is 0 Å². The molecular formula is C13H22N2O4. The Morgan fingerprint density at radius 1 is 1.21 bits per heavy atom. The third-order valence-corrected chi connectivity index (χ3v) is 3.85. The van der Waals surface area contributed by atoms with E-state index in [1.165, 1.54) is 20.0 Å². The fraction of sp³-hybridized carbons (Fsp3) is 0.846. The molecule has 2 aliphatic rings. The number of hydrogen-bond donors (Lipinski definition) is 1. The average molecular weight is 270 g/mol. The number of amides is 2. The zero-order valence-electron chi connectivity index (χ0n) is 11.4. The average Bonchev–Trinajstić information content (AvgIpc) is 2.65. The molecule has 2 heterocycles. The van der Waals surface area contributed by atoms with Crippen molar-refractivity contribution >= 4 is 12.0 Å². The van der Waals surface area contributed by atoms with Crippen LogP contribution in [0.25, 0.3) is 0 Å². The number of ether oxygens (including phenoxy) is 2. The molecule has 0 radical (unpaired) electrons. The fourth-order valence-corrected chi connectivity index (χ4v) is 2.49. The van der Waals surface area contributed by atoms with Crippen molar-refractivity contribution < 1.29 is 19.1 Å². The van der Waals surface area contributed by atoms with Crippen LogP contribution in [-0.2, 0) is 14.3 Å². The number of esters is 1. The first-order chi connectivity index (χ1) is 9.18. The predicted octanol–water partition coefficient (Wildman–Crippen LogP) is 0.762. The summed E-state index contributed by atoms with van der Waals surface area (Å²) in [6.45, 7) is 2.52. The van der Waals surface area contributed by atoms with E-state index in [2.05, 4.69) is 5.32 Å². The number of likely N-dealkylation sites (tertiary alicyclic amines) is 1. The minimum Gasteiger partial charge on any atom is -0.468 e. The van der Waals surface area contributed by atoms with Crippen molar-refractivity contribution in [2.45, 2.75) is 25.7 Å². The number of rotatable bonds is 3. The van der Waals surface area contributed by atoms with Gasteiger partial charge in [-0.15, -0.1) is 0 Å². The number of carbonyl (C=O) groups excluding carboxylic acids is 2. The summed E-state index contributed by atoms with van der Waals surface area (Å²) >= 11 is 0. The summed E-state index contributed by atoms with van der Waals surface area (Å²) in [6.07, 6.45) is 4.48. The summed E-state index contributed by atoms with van der Waals surface area (Å²) < 4.78 is 9.86. The lowest BCUT2D eigenvalue weighted by atomic mass is 9.86. The molecule has 2 aliphatic heterocycles. The van der Waals surface area contributed by atoms with Crippen LogP contribution in [0.3, 0.4) is 0 Å². The zero-order valence-corrected chi connectivity index (χ0v) is 11.4. The molecule has 2 saturated heterocycles. The third kappa shape index (κ3) is 3.18. The van der Waals surface area contributed by atoms with Crippen molar-refractivity contribution in [2.24, 2.45) is 5.41 Å². The van der Waals surface area contributed by atoms with E-state index in [1.807, 2.05) is 4.90 Å². The summed E-state index contributed by atoms with van der Waals surface area (Å²) in [7, 11) is 1.36. The molecule has 0 spiro atoms. The maximum atomic E-state index is 12.1. The van der Waals surface area contributed by atoms with E-state index in [0.717, 1.165) is 25.9 Å². The van der Waals surface area contributed by atoms with Gasteiger partial charge in [0.25, 0.3) is 0 Å². The van der Waals surface area contributed by atoms with Crippen molar-refractivity contribution in [3.05, 3.63) is 0 Å². The van der Waals surface area contributed by atoms with Crippen molar-refractivity contribution in [1.29, 1.82) is 0 Å². The Labute approximate surface area is 113 Å². The molecule has 0 atom stereocenters. The van der Waals surface area contributed by atoms with Crippen LogP contribution in [0.5, 0.6) is 0 Å². The first-order valence-corrected chi connectivity index (χ1v) is 6.87. The molecular weight excluding hydrogens is 248 g/mol. The second-order valence-corrected chi connectivity index (χ2v) is 5.32. The van der Waals surface area contributed by atoms with Gasteiger partial charge in [0.05, 0.1) is 20.3 Å². The molecule has 6 nitrogen and oxygen atoms in total. The van der Waals surface area contributed by atoms with Gasteiger partial charge in [0.2, 0.25) is 0 Å². The number of methoxy groups -OCH3 is 1. The van der Waals surface area contributed by atoms with E-state index in [-0.39, 0.29) is 18.5 Å². The molecule has 0 aromatic rings. The summed E-state index contributed by atoms with van der Waals surface area (Å²) in [6, 6.07) is -0.0860. The number of nitrogens with one attached hydrogen (secondary N) is 1. The molecule has 2 amide bonds. The quantitative estimate of drug-likeness (QED) is 0.769. The highest BCUT2D eigenvalue weighted by Crippen LogP contribution is 2.28. The predicted molar refractivity (Wildman–Crippen MR) is 68.7 cm³/mol. The second kappa shape index (κ2) is 6.23. The molecule has 2 rings (SSSR count). The highest BCUT2D eigenvalue weighted by Gasteiger charge is 2.47. The second-order valence-electron chi connectivity index (χ2n) is 5.32. The fourth-order valence-electron chi connectivity index (χ4n) is 2.49. The van der Waals surface area contributed by atoms with Crippen LogP contribution >= 0.6 is 0 Å². The monoisotopic (exact) mass is 270 g/mol. The lowest BCUT2D eigenvalue weighted by Gasteiger charge is -2.38. The van der Waals surface area contributed by atoms with Crippen LogP contribution in [0.1, 0.15) is 25.7 Å². The van der Waals surface area contributed by atoms with E-state index in [4.69, 9.17) is 9.47 Å². The van der Waals surface area contributed by atoms with Crippen LogP contribution in [0, 0.1) is 5.41 Å². The summed E-state index contributed by atoms with van der Waals surface area (Å²) in [5, 5.41) is 2.84. The maximum absolute atomic E-state index is 12.1. The third-order valence-electron chi connectivity index (χ3n) is 3.85. The Balaban J connectivity index is 1.83. The molecule has 0 bridgehead atoms. The topological polar surface area (TPSA) is 67.9 Å². The Hall–Kier alpha value is -1.30. The molecule has 0 aromatic carbocycles. The van der Waals surface area contributed by atoms with Gasteiger partial charge in [-0.05, 0) is 12.8 Å². The number of carbonyl (C=O) groups is 2. The van der Waals surface area contributed by atoms with Crippen molar-refractivity contribution in [3.63, 3.8) is 0 Å². The normalized spacial score (nSPS) is 22.1. The SMILES string of the molecule is COC(=O)C1(CNC(=O)N2CCCCCC2)COC1. The van der Waals surface area contributed by atoms with Gasteiger partial charge >= 0.3 is 12.0 Å². The van der Waals surface area contributed by atoms with Gasteiger partial charge in [-0.3, -0.25) is 4.79 Å². The first-order valence-electron chi connectivity index (χ1n) is 6.87. The van der Waals surface area contributed by atoms with E-state index in [0.29, 0.717) is 13.2 Å².